The van der Waals surface area contributed by atoms with Gasteiger partial charge in [0.1, 0.15) is 0 Å². The van der Waals surface area contributed by atoms with E-state index in [0.717, 1.165) is 17.7 Å². The molecule has 1 amide bonds. The zero-order valence-electron chi connectivity index (χ0n) is 12.6. The lowest BCUT2D eigenvalue weighted by Gasteiger charge is -2.27. The van der Waals surface area contributed by atoms with Crippen molar-refractivity contribution in [1.82, 2.24) is 0 Å². The SMILES string of the molecule is CCC(C(=O)N(CC)c1ccccc1N)c1ccccc1. The fraction of sp³-hybridized carbons (Fsp3) is 0.278. The van der Waals surface area contributed by atoms with Crippen LogP contribution in [0, 0.1) is 0 Å². The third-order valence-corrected chi connectivity index (χ3v) is 3.72. The van der Waals surface area contributed by atoms with E-state index in [0.29, 0.717) is 12.2 Å². The molecule has 110 valence electrons. The van der Waals surface area contributed by atoms with Crippen molar-refractivity contribution in [3.8, 4) is 0 Å². The molecule has 1 unspecified atom stereocenters. The van der Waals surface area contributed by atoms with E-state index in [9.17, 15) is 4.79 Å². The number of carbonyl (C=O) groups is 1. The number of nitrogens with two attached hydrogens (primary N) is 1. The van der Waals surface area contributed by atoms with Crippen LogP contribution in [0.15, 0.2) is 54.6 Å². The predicted molar refractivity (Wildman–Crippen MR) is 88.4 cm³/mol. The summed E-state index contributed by atoms with van der Waals surface area (Å²) in [5.74, 6) is -0.0325. The van der Waals surface area contributed by atoms with Crippen LogP contribution in [0.4, 0.5) is 11.4 Å². The van der Waals surface area contributed by atoms with E-state index in [1.807, 2.05) is 68.4 Å². The van der Waals surface area contributed by atoms with Gasteiger partial charge in [-0.2, -0.15) is 0 Å². The molecular weight excluding hydrogens is 260 g/mol. The summed E-state index contributed by atoms with van der Waals surface area (Å²) in [6.07, 6.45) is 0.770. The van der Waals surface area contributed by atoms with Crippen LogP contribution in [-0.4, -0.2) is 12.5 Å². The lowest BCUT2D eigenvalue weighted by atomic mass is 9.94. The molecule has 3 nitrogen and oxygen atoms in total. The lowest BCUT2D eigenvalue weighted by Crippen LogP contribution is -2.35. The number of nitrogens with zero attached hydrogens (tertiary/aromatic N) is 1. The van der Waals surface area contributed by atoms with Gasteiger partial charge in [-0.15, -0.1) is 0 Å². The molecule has 2 aromatic rings. The number of hydrogen-bond acceptors (Lipinski definition) is 2. The fourth-order valence-electron chi connectivity index (χ4n) is 2.60. The number of anilines is 2. The average molecular weight is 282 g/mol. The van der Waals surface area contributed by atoms with Crippen molar-refractivity contribution >= 4 is 17.3 Å². The zero-order valence-corrected chi connectivity index (χ0v) is 12.6. The first-order valence-electron chi connectivity index (χ1n) is 7.39. The molecule has 0 heterocycles. The van der Waals surface area contributed by atoms with E-state index in [-0.39, 0.29) is 11.8 Å². The summed E-state index contributed by atoms with van der Waals surface area (Å²) in [5, 5.41) is 0. The Kier molecular flexibility index (Phi) is 4.99. The van der Waals surface area contributed by atoms with Gasteiger partial charge in [0.15, 0.2) is 0 Å². The van der Waals surface area contributed by atoms with Gasteiger partial charge in [-0.3, -0.25) is 4.79 Å². The Morgan fingerprint density at radius 3 is 2.24 bits per heavy atom. The highest BCUT2D eigenvalue weighted by atomic mass is 16.2. The van der Waals surface area contributed by atoms with Crippen molar-refractivity contribution in [3.63, 3.8) is 0 Å². The molecule has 0 saturated heterocycles. The number of hydrogen-bond donors (Lipinski definition) is 1. The standard InChI is InChI=1S/C18H22N2O/c1-3-15(14-10-6-5-7-11-14)18(21)20(4-2)17-13-9-8-12-16(17)19/h5-13,15H,3-4,19H2,1-2H3. The molecule has 0 aliphatic rings. The number of benzene rings is 2. The first kappa shape index (κ1) is 15.1. The minimum atomic E-state index is -0.134. The van der Waals surface area contributed by atoms with Crippen LogP contribution in [-0.2, 0) is 4.79 Å². The Labute approximate surface area is 126 Å². The molecule has 3 heteroatoms. The molecule has 0 aliphatic heterocycles. The number of likely N-dealkylation sites (N-methyl/N-ethyl adjacent to an activating group) is 1. The van der Waals surface area contributed by atoms with Crippen molar-refractivity contribution in [2.24, 2.45) is 0 Å². The second-order valence-corrected chi connectivity index (χ2v) is 5.01. The topological polar surface area (TPSA) is 46.3 Å². The Hall–Kier alpha value is -2.29. The first-order chi connectivity index (χ1) is 10.2. The first-order valence-corrected chi connectivity index (χ1v) is 7.39. The van der Waals surface area contributed by atoms with Gasteiger partial charge in [0.2, 0.25) is 5.91 Å². The Balaban J connectivity index is 2.33. The van der Waals surface area contributed by atoms with Crippen molar-refractivity contribution in [1.29, 1.82) is 0 Å². The number of para-hydroxylation sites is 2. The zero-order chi connectivity index (χ0) is 15.2. The maximum absolute atomic E-state index is 12.9. The fourth-order valence-corrected chi connectivity index (χ4v) is 2.60. The van der Waals surface area contributed by atoms with E-state index in [2.05, 4.69) is 0 Å². The molecule has 2 rings (SSSR count). The minimum absolute atomic E-state index is 0.101. The number of nitrogen functional groups attached to an aromatic ring is 1. The van der Waals surface area contributed by atoms with Crippen molar-refractivity contribution in [3.05, 3.63) is 60.2 Å². The maximum Gasteiger partial charge on any atom is 0.234 e. The third kappa shape index (κ3) is 3.24. The van der Waals surface area contributed by atoms with Crippen molar-refractivity contribution in [2.75, 3.05) is 17.2 Å². The van der Waals surface area contributed by atoms with E-state index in [1.165, 1.54) is 0 Å². The van der Waals surface area contributed by atoms with Gasteiger partial charge in [-0.1, -0.05) is 49.4 Å². The van der Waals surface area contributed by atoms with Gasteiger partial charge in [-0.05, 0) is 31.0 Å². The molecule has 21 heavy (non-hydrogen) atoms. The van der Waals surface area contributed by atoms with Gasteiger partial charge in [-0.25, -0.2) is 0 Å². The molecule has 0 spiro atoms. The molecule has 2 aromatic carbocycles. The van der Waals surface area contributed by atoms with Gasteiger partial charge >= 0.3 is 0 Å². The molecule has 0 aliphatic carbocycles. The Morgan fingerprint density at radius 1 is 1.05 bits per heavy atom. The monoisotopic (exact) mass is 282 g/mol. The number of amides is 1. The summed E-state index contributed by atoms with van der Waals surface area (Å²) in [7, 11) is 0. The summed E-state index contributed by atoms with van der Waals surface area (Å²) in [6.45, 7) is 4.62. The van der Waals surface area contributed by atoms with E-state index in [1.54, 1.807) is 4.90 Å². The highest BCUT2D eigenvalue weighted by Gasteiger charge is 2.25. The molecular formula is C18H22N2O. The molecule has 0 aromatic heterocycles. The average Bonchev–Trinajstić information content (AvgIpc) is 2.52. The molecule has 2 N–H and O–H groups in total. The molecule has 0 fully saturated rings. The van der Waals surface area contributed by atoms with Crippen LogP contribution in [0.1, 0.15) is 31.7 Å². The highest BCUT2D eigenvalue weighted by molar-refractivity contribution is 6.00. The van der Waals surface area contributed by atoms with Crippen LogP contribution in [0.25, 0.3) is 0 Å². The van der Waals surface area contributed by atoms with Crippen molar-refractivity contribution in [2.45, 2.75) is 26.2 Å². The number of rotatable bonds is 5. The lowest BCUT2D eigenvalue weighted by molar-refractivity contribution is -0.120. The van der Waals surface area contributed by atoms with Crippen LogP contribution < -0.4 is 10.6 Å². The quantitative estimate of drug-likeness (QED) is 0.847. The van der Waals surface area contributed by atoms with Crippen molar-refractivity contribution < 1.29 is 4.79 Å². The van der Waals surface area contributed by atoms with E-state index < -0.39 is 0 Å². The van der Waals surface area contributed by atoms with Crippen LogP contribution in [0.5, 0.6) is 0 Å². The van der Waals surface area contributed by atoms with Gasteiger partial charge in [0.05, 0.1) is 17.3 Å². The molecule has 0 radical (unpaired) electrons. The van der Waals surface area contributed by atoms with Crippen LogP contribution in [0.2, 0.25) is 0 Å². The summed E-state index contributed by atoms with van der Waals surface area (Å²) >= 11 is 0. The van der Waals surface area contributed by atoms with Gasteiger partial charge in [0, 0.05) is 6.54 Å². The summed E-state index contributed by atoms with van der Waals surface area (Å²) in [5.41, 5.74) is 8.50. The summed E-state index contributed by atoms with van der Waals surface area (Å²) in [6, 6.07) is 17.4. The second-order valence-electron chi connectivity index (χ2n) is 5.01. The molecule has 0 saturated carbocycles. The van der Waals surface area contributed by atoms with Gasteiger partial charge < -0.3 is 10.6 Å². The summed E-state index contributed by atoms with van der Waals surface area (Å²) < 4.78 is 0. The maximum atomic E-state index is 12.9. The summed E-state index contributed by atoms with van der Waals surface area (Å²) in [4.78, 5) is 14.7. The van der Waals surface area contributed by atoms with E-state index >= 15 is 0 Å². The highest BCUT2D eigenvalue weighted by Crippen LogP contribution is 2.28. The minimum Gasteiger partial charge on any atom is -0.397 e. The third-order valence-electron chi connectivity index (χ3n) is 3.72. The Morgan fingerprint density at radius 2 is 1.67 bits per heavy atom. The molecule has 1 atom stereocenters. The van der Waals surface area contributed by atoms with Crippen LogP contribution >= 0.6 is 0 Å². The second kappa shape index (κ2) is 6.93. The van der Waals surface area contributed by atoms with Gasteiger partial charge in [0.25, 0.3) is 0 Å². The Bertz CT molecular complexity index is 595. The number of carbonyl (C=O) groups excluding carboxylic acids is 1. The predicted octanol–water partition coefficient (Wildman–Crippen LogP) is 3.82. The van der Waals surface area contributed by atoms with E-state index in [4.69, 9.17) is 5.73 Å². The molecule has 0 bridgehead atoms. The largest absolute Gasteiger partial charge is 0.397 e. The smallest absolute Gasteiger partial charge is 0.234 e. The van der Waals surface area contributed by atoms with Crippen LogP contribution in [0.3, 0.4) is 0 Å². The normalized spacial score (nSPS) is 11.9.